The van der Waals surface area contributed by atoms with Crippen LogP contribution < -0.4 is 0 Å². The van der Waals surface area contributed by atoms with Gasteiger partial charge in [-0.15, -0.1) is 0 Å². The van der Waals surface area contributed by atoms with Crippen molar-refractivity contribution in [2.75, 3.05) is 13.4 Å². The predicted molar refractivity (Wildman–Crippen MR) is 117 cm³/mol. The monoisotopic (exact) mass is 448 g/mol. The summed E-state index contributed by atoms with van der Waals surface area (Å²) in [6.45, 7) is 4.45. The molecule has 4 bridgehead atoms. The number of rotatable bonds is 9. The van der Waals surface area contributed by atoms with E-state index in [1.165, 1.54) is 38.5 Å². The molecule has 0 radical (unpaired) electrons. The maximum atomic E-state index is 12.8. The normalized spacial score (nSPS) is 40.9. The first-order valence-corrected chi connectivity index (χ1v) is 13.2. The lowest BCUT2D eigenvalue weighted by Gasteiger charge is -2.40. The van der Waals surface area contributed by atoms with Crippen LogP contribution in [0.1, 0.15) is 78.1 Å². The van der Waals surface area contributed by atoms with Gasteiger partial charge in [0, 0.05) is 0 Å². The molecule has 32 heavy (non-hydrogen) atoms. The van der Waals surface area contributed by atoms with Crippen molar-refractivity contribution in [1.29, 1.82) is 0 Å². The fourth-order valence-corrected chi connectivity index (χ4v) is 8.10. The van der Waals surface area contributed by atoms with E-state index >= 15 is 0 Å². The first kappa shape index (κ1) is 22.6. The maximum absolute atomic E-state index is 12.8. The number of hydrogen-bond acceptors (Lipinski definition) is 6. The highest BCUT2D eigenvalue weighted by atomic mass is 17.2. The Morgan fingerprint density at radius 1 is 0.906 bits per heavy atom. The van der Waals surface area contributed by atoms with Gasteiger partial charge in [-0.1, -0.05) is 33.1 Å². The van der Waals surface area contributed by atoms with Crippen LogP contribution >= 0.6 is 0 Å². The minimum absolute atomic E-state index is 0.0338. The van der Waals surface area contributed by atoms with Crippen LogP contribution in [0.2, 0.25) is 0 Å². The minimum Gasteiger partial charge on any atom is -0.462 e. The lowest BCUT2D eigenvalue weighted by molar-refractivity contribution is -0.337. The molecular weight excluding hydrogens is 408 g/mol. The van der Waals surface area contributed by atoms with E-state index in [9.17, 15) is 9.59 Å². The molecule has 9 unspecified atom stereocenters. The van der Waals surface area contributed by atoms with Crippen molar-refractivity contribution in [3.63, 3.8) is 0 Å². The van der Waals surface area contributed by atoms with E-state index in [0.29, 0.717) is 42.1 Å². The smallest absolute Gasteiger partial charge is 0.311 e. The fourth-order valence-electron chi connectivity index (χ4n) is 8.10. The zero-order valence-electron chi connectivity index (χ0n) is 19.7. The van der Waals surface area contributed by atoms with Gasteiger partial charge in [0.15, 0.2) is 0 Å². The van der Waals surface area contributed by atoms with Crippen molar-refractivity contribution in [2.45, 2.75) is 84.2 Å². The number of esters is 2. The molecule has 0 aromatic rings. The van der Waals surface area contributed by atoms with Gasteiger partial charge in [0.1, 0.15) is 6.10 Å². The van der Waals surface area contributed by atoms with E-state index in [2.05, 4.69) is 0 Å². The average Bonchev–Trinajstić information content (AvgIpc) is 3.57. The Hall–Kier alpha value is -1.14. The number of ether oxygens (including phenoxy) is 2. The minimum atomic E-state index is -0.131. The Kier molecular flexibility index (Phi) is 6.80. The molecule has 5 aliphatic rings. The molecule has 0 aromatic carbocycles. The summed E-state index contributed by atoms with van der Waals surface area (Å²) < 4.78 is 11.4. The standard InChI is InChI=1S/C26H40O6/c1-3-15(2)25(27)32-22-12-18-11-21(22)24-19-9-17(23(18)24)10-20(19)26(28)29-14-31-30-13-16-7-5-4-6-8-16/h15-24H,3-14H2,1-2H3. The molecule has 0 heterocycles. The maximum Gasteiger partial charge on any atom is 0.311 e. The van der Waals surface area contributed by atoms with Crippen molar-refractivity contribution in [1.82, 2.24) is 0 Å². The van der Waals surface area contributed by atoms with Crippen LogP contribution in [0.25, 0.3) is 0 Å². The Morgan fingerprint density at radius 3 is 2.44 bits per heavy atom. The highest BCUT2D eigenvalue weighted by molar-refractivity contribution is 5.74. The zero-order valence-corrected chi connectivity index (χ0v) is 19.7. The van der Waals surface area contributed by atoms with Gasteiger partial charge < -0.3 is 9.47 Å². The van der Waals surface area contributed by atoms with Crippen LogP contribution in [0, 0.1) is 53.3 Å². The van der Waals surface area contributed by atoms with Gasteiger partial charge >= 0.3 is 11.9 Å². The SMILES string of the molecule is CCC(C)C(=O)OC1CC2CC1C1C3CC(CC3C(=O)OCOOCC3CCCCC3)C21. The van der Waals surface area contributed by atoms with Crippen molar-refractivity contribution < 1.29 is 28.8 Å². The van der Waals surface area contributed by atoms with Crippen LogP contribution in [0.4, 0.5) is 0 Å². The second-order valence-corrected chi connectivity index (χ2v) is 11.3. The molecule has 5 saturated carbocycles. The van der Waals surface area contributed by atoms with Gasteiger partial charge in [0.2, 0.25) is 6.79 Å². The summed E-state index contributed by atoms with van der Waals surface area (Å²) in [6, 6.07) is 0. The number of carbonyl (C=O) groups is 2. The van der Waals surface area contributed by atoms with Crippen molar-refractivity contribution >= 4 is 11.9 Å². The molecule has 0 saturated heterocycles. The summed E-state index contributed by atoms with van der Waals surface area (Å²) in [5.41, 5.74) is 0. The molecule has 0 N–H and O–H groups in total. The Bertz CT molecular complexity index is 688. The van der Waals surface area contributed by atoms with E-state index in [4.69, 9.17) is 19.2 Å². The van der Waals surface area contributed by atoms with Crippen molar-refractivity contribution in [2.24, 2.45) is 53.3 Å². The molecule has 9 atom stereocenters. The van der Waals surface area contributed by atoms with Gasteiger partial charge in [0.25, 0.3) is 0 Å². The number of carbonyl (C=O) groups excluding carboxylic acids is 2. The Balaban J connectivity index is 1.09. The highest BCUT2D eigenvalue weighted by Crippen LogP contribution is 2.69. The lowest BCUT2D eigenvalue weighted by Crippen LogP contribution is -2.42. The second kappa shape index (κ2) is 9.61. The van der Waals surface area contributed by atoms with Crippen molar-refractivity contribution in [3.8, 4) is 0 Å². The molecule has 0 aromatic heterocycles. The summed E-state index contributed by atoms with van der Waals surface area (Å²) in [5.74, 6) is 3.67. The van der Waals surface area contributed by atoms with Crippen LogP contribution in [-0.2, 0) is 28.8 Å². The van der Waals surface area contributed by atoms with E-state index in [1.807, 2.05) is 13.8 Å². The topological polar surface area (TPSA) is 71.1 Å². The van der Waals surface area contributed by atoms with Gasteiger partial charge in [-0.25, -0.2) is 4.89 Å². The van der Waals surface area contributed by atoms with Gasteiger partial charge in [-0.05, 0) is 86.4 Å². The van der Waals surface area contributed by atoms with Crippen LogP contribution in [0.3, 0.4) is 0 Å². The van der Waals surface area contributed by atoms with Gasteiger partial charge in [-0.2, -0.15) is 4.89 Å². The predicted octanol–water partition coefficient (Wildman–Crippen LogP) is 4.90. The second-order valence-electron chi connectivity index (χ2n) is 11.3. The molecule has 0 aliphatic heterocycles. The van der Waals surface area contributed by atoms with Crippen LogP contribution in [-0.4, -0.2) is 31.4 Å². The first-order valence-electron chi connectivity index (χ1n) is 13.2. The molecule has 0 spiro atoms. The third-order valence-electron chi connectivity index (χ3n) is 9.70. The van der Waals surface area contributed by atoms with Gasteiger partial charge in [-0.3, -0.25) is 9.59 Å². The largest absolute Gasteiger partial charge is 0.462 e. The Labute approximate surface area is 192 Å². The molecule has 5 fully saturated rings. The highest BCUT2D eigenvalue weighted by Gasteiger charge is 2.66. The van der Waals surface area contributed by atoms with Gasteiger partial charge in [0.05, 0.1) is 18.4 Å². The summed E-state index contributed by atoms with van der Waals surface area (Å²) in [5, 5.41) is 0. The lowest BCUT2D eigenvalue weighted by atomic mass is 9.67. The summed E-state index contributed by atoms with van der Waals surface area (Å²) in [6.07, 6.45) is 11.4. The number of hydrogen-bond donors (Lipinski definition) is 0. The average molecular weight is 449 g/mol. The first-order chi connectivity index (χ1) is 15.6. The van der Waals surface area contributed by atoms with E-state index < -0.39 is 0 Å². The molecule has 6 heteroatoms. The summed E-state index contributed by atoms with van der Waals surface area (Å²) >= 11 is 0. The Morgan fingerprint density at radius 2 is 1.66 bits per heavy atom. The molecule has 5 rings (SSSR count). The third-order valence-corrected chi connectivity index (χ3v) is 9.70. The van der Waals surface area contributed by atoms with Crippen LogP contribution in [0.5, 0.6) is 0 Å². The molecule has 180 valence electrons. The summed E-state index contributed by atoms with van der Waals surface area (Å²) in [4.78, 5) is 35.7. The third kappa shape index (κ3) is 4.22. The quantitative estimate of drug-likeness (QED) is 0.125. The fraction of sp³-hybridized carbons (Fsp3) is 0.923. The van der Waals surface area contributed by atoms with E-state index in [0.717, 1.165) is 31.6 Å². The molecule has 5 aliphatic carbocycles. The van der Waals surface area contributed by atoms with Crippen molar-refractivity contribution in [3.05, 3.63) is 0 Å². The molecular formula is C26H40O6. The zero-order chi connectivity index (χ0) is 22.2. The van der Waals surface area contributed by atoms with Crippen LogP contribution in [0.15, 0.2) is 0 Å². The van der Waals surface area contributed by atoms with E-state index in [1.54, 1.807) is 0 Å². The molecule has 0 amide bonds. The molecule has 6 nitrogen and oxygen atoms in total. The number of fused-ring (bicyclic) bond motifs is 9. The summed E-state index contributed by atoms with van der Waals surface area (Å²) in [7, 11) is 0. The van der Waals surface area contributed by atoms with E-state index in [-0.39, 0.29) is 36.7 Å².